The van der Waals surface area contributed by atoms with E-state index in [1.54, 1.807) is 11.0 Å². The molecule has 3 aromatic carbocycles. The first kappa shape index (κ1) is 32.9. The van der Waals surface area contributed by atoms with Gasteiger partial charge in [-0.2, -0.15) is 0 Å². The van der Waals surface area contributed by atoms with Crippen LogP contribution in [0, 0.1) is 5.95 Å². The molecule has 0 atom stereocenters. The summed E-state index contributed by atoms with van der Waals surface area (Å²) in [6.45, 7) is 7.67. The number of anilines is 1. The topological polar surface area (TPSA) is 51.7 Å². The number of aromatic nitrogens is 1. The molecule has 0 aliphatic carbocycles. The van der Waals surface area contributed by atoms with Gasteiger partial charge in [0.2, 0.25) is 0 Å². The summed E-state index contributed by atoms with van der Waals surface area (Å²) in [5, 5.41) is 2.26. The number of halogens is 1. The molecule has 1 aromatic heterocycles. The molecule has 4 aromatic rings. The van der Waals surface area contributed by atoms with Gasteiger partial charge in [0.25, 0.3) is 0 Å². The van der Waals surface area contributed by atoms with Crippen LogP contribution in [0.4, 0.5) is 14.9 Å². The first-order valence-electron chi connectivity index (χ1n) is 14.8. The number of benzene rings is 3. The van der Waals surface area contributed by atoms with Crippen molar-refractivity contribution in [1.29, 1.82) is 0 Å². The molecule has 1 amide bonds. The van der Waals surface area contributed by atoms with Crippen LogP contribution >= 0.6 is 0 Å². The van der Waals surface area contributed by atoms with Gasteiger partial charge in [-0.15, -0.1) is 0 Å². The minimum absolute atomic E-state index is 0.148. The van der Waals surface area contributed by atoms with E-state index in [4.69, 9.17) is 9.16 Å². The number of hydrogen-bond donors (Lipinski definition) is 0. The van der Waals surface area contributed by atoms with Gasteiger partial charge in [-0.3, -0.25) is 0 Å². The van der Waals surface area contributed by atoms with E-state index in [0.29, 0.717) is 28.8 Å². The Balaban J connectivity index is 1.60. The number of pyridine rings is 1. The van der Waals surface area contributed by atoms with Crippen LogP contribution in [0.1, 0.15) is 32.8 Å². The summed E-state index contributed by atoms with van der Waals surface area (Å²) >= 11 is -2.86. The van der Waals surface area contributed by atoms with Crippen molar-refractivity contribution in [2.75, 3.05) is 18.1 Å². The van der Waals surface area contributed by atoms with E-state index in [-0.39, 0.29) is 11.6 Å². The van der Waals surface area contributed by atoms with Crippen LogP contribution in [0.15, 0.2) is 103 Å². The van der Waals surface area contributed by atoms with Crippen molar-refractivity contribution in [3.8, 4) is 0 Å². The molecular weight excluding hydrogens is 662 g/mol. The van der Waals surface area contributed by atoms with E-state index >= 15 is 0 Å². The van der Waals surface area contributed by atoms with Gasteiger partial charge in [-0.1, -0.05) is 12.1 Å². The van der Waals surface area contributed by atoms with Gasteiger partial charge in [0, 0.05) is 0 Å². The molecule has 0 aliphatic heterocycles. The molecule has 1 heterocycles. The zero-order valence-electron chi connectivity index (χ0n) is 26.1. The van der Waals surface area contributed by atoms with Crippen LogP contribution in [0.3, 0.4) is 0 Å². The molecule has 226 valence electrons. The molecule has 0 bridgehead atoms. The van der Waals surface area contributed by atoms with E-state index < -0.39 is 38.7 Å². The van der Waals surface area contributed by atoms with Gasteiger partial charge >= 0.3 is 250 Å². The van der Waals surface area contributed by atoms with Gasteiger partial charge in [-0.05, 0) is 0 Å². The quantitative estimate of drug-likeness (QED) is 0.0972. The third-order valence-electron chi connectivity index (χ3n) is 7.63. The Morgan fingerprint density at radius 1 is 0.884 bits per heavy atom. The number of ether oxygens (including phenoxy) is 1. The third kappa shape index (κ3) is 7.93. The second-order valence-corrected chi connectivity index (χ2v) is 31.5. The molecule has 0 N–H and O–H groups in total. The second-order valence-electron chi connectivity index (χ2n) is 12.8. The number of hydrogen-bond acceptors (Lipinski definition) is 4. The van der Waals surface area contributed by atoms with E-state index in [1.807, 2.05) is 42.5 Å². The fraction of sp³-hybridized carbons (Fsp3) is 0.314. The summed E-state index contributed by atoms with van der Waals surface area (Å²) in [6.07, 6.45) is 1.51. The van der Waals surface area contributed by atoms with Crippen molar-refractivity contribution in [3.63, 3.8) is 0 Å². The van der Waals surface area contributed by atoms with Crippen molar-refractivity contribution in [3.05, 3.63) is 115 Å². The van der Waals surface area contributed by atoms with Crippen LogP contribution in [0.2, 0.25) is 19.9 Å². The fourth-order valence-electron chi connectivity index (χ4n) is 5.44. The van der Waals surface area contributed by atoms with Crippen molar-refractivity contribution in [2.45, 2.75) is 53.7 Å². The summed E-state index contributed by atoms with van der Waals surface area (Å²) in [5.74, 6) is -0.445. The van der Waals surface area contributed by atoms with Crippen molar-refractivity contribution >= 4 is 52.4 Å². The summed E-state index contributed by atoms with van der Waals surface area (Å²) in [7, 11) is -2.72. The first-order chi connectivity index (χ1) is 20.4. The Hall–Kier alpha value is -3.01. The third-order valence-corrected chi connectivity index (χ3v) is 18.3. The SMILES string of the molecule is CC(C)(C)[Si](OCCCN(C(=O)OCc1ccccc1)c1cnc(F)[c]([Sn]([CH3])([CH3])[CH3])c1)(c1ccccc1)c1ccccc1. The molecule has 0 spiro atoms. The maximum atomic E-state index is 14.8. The van der Waals surface area contributed by atoms with Crippen molar-refractivity contribution in [1.82, 2.24) is 4.98 Å². The molecule has 43 heavy (non-hydrogen) atoms. The number of carbonyl (C=O) groups is 1. The van der Waals surface area contributed by atoms with Crippen LogP contribution in [-0.2, 0) is 15.8 Å². The number of amides is 1. The van der Waals surface area contributed by atoms with E-state index in [2.05, 4.69) is 89.1 Å². The van der Waals surface area contributed by atoms with Crippen LogP contribution in [-0.4, -0.2) is 50.9 Å². The van der Waals surface area contributed by atoms with Crippen LogP contribution in [0.5, 0.6) is 0 Å². The fourth-order valence-corrected chi connectivity index (χ4v) is 13.7. The summed E-state index contributed by atoms with van der Waals surface area (Å²) in [6, 6.07) is 32.4. The van der Waals surface area contributed by atoms with E-state index in [0.717, 1.165) is 5.56 Å². The summed E-state index contributed by atoms with van der Waals surface area (Å²) < 4.78 is 28.2. The standard InChI is InChI=1S/C32H34FN2O3Si.3CH3.Sn/c1-32(2,3)39(28-16-9-5-10-17-28,29-18-11-6-12-19-29)38-23-13-22-35(27-20-21-30(33)34-24-27)31(36)37-25-26-14-7-4-8-15-26;;;;/h4-12,14-20,24H,13,22-23,25H2,1-3H3;3*1H3;. The van der Waals surface area contributed by atoms with Crippen molar-refractivity contribution < 1.29 is 18.3 Å². The summed E-state index contributed by atoms with van der Waals surface area (Å²) in [4.78, 5) is 25.6. The molecule has 4 rings (SSSR count). The zero-order valence-corrected chi connectivity index (χ0v) is 30.0. The van der Waals surface area contributed by atoms with Crippen LogP contribution in [0.25, 0.3) is 0 Å². The summed E-state index contributed by atoms with van der Waals surface area (Å²) in [5.41, 5.74) is 1.45. The van der Waals surface area contributed by atoms with E-state index in [9.17, 15) is 9.18 Å². The Morgan fingerprint density at radius 3 is 1.93 bits per heavy atom. The van der Waals surface area contributed by atoms with Crippen LogP contribution < -0.4 is 18.9 Å². The molecule has 0 radical (unpaired) electrons. The molecular formula is C35H43FN2O3SiSn. The average molecular weight is 706 g/mol. The van der Waals surface area contributed by atoms with Gasteiger partial charge in [0.05, 0.1) is 0 Å². The number of rotatable bonds is 11. The molecule has 0 aliphatic rings. The van der Waals surface area contributed by atoms with Gasteiger partial charge < -0.3 is 0 Å². The first-order valence-corrected chi connectivity index (χ1v) is 26.7. The normalized spacial score (nSPS) is 12.2. The molecule has 0 saturated carbocycles. The van der Waals surface area contributed by atoms with Gasteiger partial charge in [-0.25, -0.2) is 0 Å². The maximum absolute atomic E-state index is 14.8. The number of carbonyl (C=O) groups excluding carboxylic acids is 1. The Labute approximate surface area is 261 Å². The van der Waals surface area contributed by atoms with Crippen molar-refractivity contribution in [2.24, 2.45) is 0 Å². The molecule has 8 heteroatoms. The Bertz CT molecular complexity index is 1440. The zero-order chi connectivity index (χ0) is 31.1. The predicted molar refractivity (Wildman–Crippen MR) is 179 cm³/mol. The van der Waals surface area contributed by atoms with E-state index in [1.165, 1.54) is 16.6 Å². The molecule has 0 saturated heterocycles. The van der Waals surface area contributed by atoms with Gasteiger partial charge in [0.1, 0.15) is 0 Å². The molecule has 0 unspecified atom stereocenters. The minimum atomic E-state index is -2.86. The molecule has 5 nitrogen and oxygen atoms in total. The monoisotopic (exact) mass is 706 g/mol. The number of nitrogens with zero attached hydrogens (tertiary/aromatic N) is 2. The second kappa shape index (κ2) is 14.2. The predicted octanol–water partition coefficient (Wildman–Crippen LogP) is 6.88. The Kier molecular flexibility index (Phi) is 10.8. The average Bonchev–Trinajstić information content (AvgIpc) is 2.98. The van der Waals surface area contributed by atoms with Gasteiger partial charge in [0.15, 0.2) is 0 Å². The molecule has 0 fully saturated rings. The Morgan fingerprint density at radius 2 is 1.42 bits per heavy atom.